The van der Waals surface area contributed by atoms with E-state index in [1.54, 1.807) is 0 Å². The van der Waals surface area contributed by atoms with Crippen molar-refractivity contribution >= 4 is 11.6 Å². The number of amides is 1. The van der Waals surface area contributed by atoms with E-state index in [1.165, 1.54) is 18.5 Å². The zero-order valence-corrected chi connectivity index (χ0v) is 14.6. The lowest BCUT2D eigenvalue weighted by Crippen LogP contribution is -2.41. The van der Waals surface area contributed by atoms with Gasteiger partial charge in [0.05, 0.1) is 18.4 Å². The molecule has 1 aliphatic rings. The van der Waals surface area contributed by atoms with E-state index < -0.39 is 0 Å². The molecule has 1 aromatic rings. The van der Waals surface area contributed by atoms with Gasteiger partial charge in [-0.1, -0.05) is 0 Å². The summed E-state index contributed by atoms with van der Waals surface area (Å²) in [6, 6.07) is 4.69. The molecule has 0 spiro atoms. The maximum atomic E-state index is 11.5. The number of hydrogen-bond donors (Lipinski definition) is 2. The summed E-state index contributed by atoms with van der Waals surface area (Å²) in [7, 11) is 2.14. The Labute approximate surface area is 139 Å². The highest BCUT2D eigenvalue weighted by Crippen LogP contribution is 2.26. The van der Waals surface area contributed by atoms with Crippen LogP contribution in [0.4, 0.5) is 5.69 Å². The highest BCUT2D eigenvalue weighted by Gasteiger charge is 2.22. The molecule has 5 heteroatoms. The van der Waals surface area contributed by atoms with Gasteiger partial charge in [0.25, 0.3) is 0 Å². The molecular formula is C18H30N4O. The Morgan fingerprint density at radius 3 is 2.65 bits per heavy atom. The van der Waals surface area contributed by atoms with Crippen LogP contribution in [0.5, 0.6) is 0 Å². The Bertz CT molecular complexity index is 480. The van der Waals surface area contributed by atoms with Crippen LogP contribution in [0.2, 0.25) is 0 Å². The van der Waals surface area contributed by atoms with Gasteiger partial charge in [0.2, 0.25) is 5.91 Å². The van der Waals surface area contributed by atoms with Crippen LogP contribution in [0.15, 0.2) is 18.3 Å². The summed E-state index contributed by atoms with van der Waals surface area (Å²) in [6.07, 6.45) is 6.70. The van der Waals surface area contributed by atoms with E-state index in [2.05, 4.69) is 39.7 Å². The second-order valence-corrected chi connectivity index (χ2v) is 6.59. The maximum absolute atomic E-state index is 11.5. The van der Waals surface area contributed by atoms with Gasteiger partial charge in [-0.15, -0.1) is 0 Å². The zero-order chi connectivity index (χ0) is 16.7. The monoisotopic (exact) mass is 318 g/mol. The van der Waals surface area contributed by atoms with E-state index in [4.69, 9.17) is 0 Å². The van der Waals surface area contributed by atoms with Crippen molar-refractivity contribution in [3.05, 3.63) is 24.0 Å². The van der Waals surface area contributed by atoms with E-state index in [-0.39, 0.29) is 5.91 Å². The quantitative estimate of drug-likeness (QED) is 0.808. The van der Waals surface area contributed by atoms with Gasteiger partial charge in [0.1, 0.15) is 0 Å². The normalized spacial score (nSPS) is 21.0. The molecule has 23 heavy (non-hydrogen) atoms. The van der Waals surface area contributed by atoms with Crippen molar-refractivity contribution in [2.45, 2.75) is 45.6 Å². The van der Waals surface area contributed by atoms with Gasteiger partial charge in [-0.2, -0.15) is 0 Å². The Morgan fingerprint density at radius 2 is 2.04 bits per heavy atom. The smallest absolute Gasteiger partial charge is 0.233 e. The molecule has 0 radical (unpaired) electrons. The fourth-order valence-corrected chi connectivity index (χ4v) is 3.22. The third-order valence-corrected chi connectivity index (χ3v) is 4.64. The number of aromatic nitrogens is 1. The molecule has 1 heterocycles. The lowest BCUT2D eigenvalue weighted by atomic mass is 9.85. The summed E-state index contributed by atoms with van der Waals surface area (Å²) in [5.74, 6) is 0.824. The van der Waals surface area contributed by atoms with Crippen LogP contribution < -0.4 is 15.5 Å². The second-order valence-electron chi connectivity index (χ2n) is 6.59. The number of pyridine rings is 1. The first-order valence-electron chi connectivity index (χ1n) is 8.72. The van der Waals surface area contributed by atoms with Crippen LogP contribution >= 0.6 is 0 Å². The van der Waals surface area contributed by atoms with Gasteiger partial charge in [-0.25, -0.2) is 0 Å². The molecule has 0 aromatic carbocycles. The predicted molar refractivity (Wildman–Crippen MR) is 94.7 cm³/mol. The van der Waals surface area contributed by atoms with Gasteiger partial charge >= 0.3 is 0 Å². The number of likely N-dealkylation sites (N-methyl/N-ethyl adjacent to an activating group) is 1. The van der Waals surface area contributed by atoms with E-state index in [9.17, 15) is 4.79 Å². The first-order valence-corrected chi connectivity index (χ1v) is 8.72. The van der Waals surface area contributed by atoms with Crippen molar-refractivity contribution < 1.29 is 4.79 Å². The van der Waals surface area contributed by atoms with Gasteiger partial charge in [0.15, 0.2) is 0 Å². The fraction of sp³-hybridized carbons (Fsp3) is 0.667. The van der Waals surface area contributed by atoms with Crippen molar-refractivity contribution in [2.75, 3.05) is 31.6 Å². The number of anilines is 1. The van der Waals surface area contributed by atoms with E-state index in [1.807, 2.05) is 20.0 Å². The van der Waals surface area contributed by atoms with Crippen molar-refractivity contribution in [1.82, 2.24) is 15.6 Å². The van der Waals surface area contributed by atoms with Crippen LogP contribution in [0.3, 0.4) is 0 Å². The van der Waals surface area contributed by atoms with Crippen molar-refractivity contribution in [3.63, 3.8) is 0 Å². The molecule has 0 bridgehead atoms. The van der Waals surface area contributed by atoms with Gasteiger partial charge < -0.3 is 15.5 Å². The molecule has 1 amide bonds. The second kappa shape index (κ2) is 8.87. The fourth-order valence-electron chi connectivity index (χ4n) is 3.22. The standard InChI is InChI=1S/C18H30N4O/c1-4-19-18(23)12-21-16-8-6-15(7-9-16)13-22(3)17-10-5-14(2)20-11-17/h5,10-11,15-16,21H,4,6-9,12-13H2,1-3H3,(H,19,23). The van der Waals surface area contributed by atoms with Crippen molar-refractivity contribution in [1.29, 1.82) is 0 Å². The first-order chi connectivity index (χ1) is 11.1. The summed E-state index contributed by atoms with van der Waals surface area (Å²) < 4.78 is 0. The highest BCUT2D eigenvalue weighted by molar-refractivity contribution is 5.77. The number of carbonyl (C=O) groups excluding carboxylic acids is 1. The highest BCUT2D eigenvalue weighted by atomic mass is 16.1. The zero-order valence-electron chi connectivity index (χ0n) is 14.6. The Balaban J connectivity index is 1.70. The minimum Gasteiger partial charge on any atom is -0.373 e. The maximum Gasteiger partial charge on any atom is 0.233 e. The average molecular weight is 318 g/mol. The molecule has 1 saturated carbocycles. The molecule has 2 N–H and O–H groups in total. The number of nitrogens with one attached hydrogen (secondary N) is 2. The van der Waals surface area contributed by atoms with Gasteiger partial charge in [-0.3, -0.25) is 9.78 Å². The Morgan fingerprint density at radius 1 is 1.30 bits per heavy atom. The molecule has 128 valence electrons. The molecule has 2 rings (SSSR count). The first kappa shape index (κ1) is 17.7. The van der Waals surface area contributed by atoms with Crippen LogP contribution in [-0.2, 0) is 4.79 Å². The Kier molecular flexibility index (Phi) is 6.84. The molecule has 0 atom stereocenters. The van der Waals surface area contributed by atoms with E-state index in [0.29, 0.717) is 19.1 Å². The lowest BCUT2D eigenvalue weighted by Gasteiger charge is -2.32. The topological polar surface area (TPSA) is 57.3 Å². The average Bonchev–Trinajstić information content (AvgIpc) is 2.55. The minimum absolute atomic E-state index is 0.0984. The van der Waals surface area contributed by atoms with Crippen molar-refractivity contribution in [2.24, 2.45) is 5.92 Å². The van der Waals surface area contributed by atoms with Gasteiger partial charge in [0, 0.05) is 31.9 Å². The third kappa shape index (κ3) is 5.82. The largest absolute Gasteiger partial charge is 0.373 e. The Hall–Kier alpha value is -1.62. The summed E-state index contributed by atoms with van der Waals surface area (Å²) in [4.78, 5) is 18.2. The van der Waals surface area contributed by atoms with Crippen LogP contribution in [-0.4, -0.2) is 43.6 Å². The SMILES string of the molecule is CCNC(=O)CNC1CCC(CN(C)c2ccc(C)nc2)CC1. The van der Waals surface area contributed by atoms with E-state index >= 15 is 0 Å². The minimum atomic E-state index is 0.0984. The molecule has 1 aromatic heterocycles. The molecular weight excluding hydrogens is 288 g/mol. The van der Waals surface area contributed by atoms with E-state index in [0.717, 1.165) is 31.0 Å². The lowest BCUT2D eigenvalue weighted by molar-refractivity contribution is -0.120. The summed E-state index contributed by atoms with van der Waals surface area (Å²) >= 11 is 0. The molecule has 5 nitrogen and oxygen atoms in total. The van der Waals surface area contributed by atoms with Crippen LogP contribution in [0.1, 0.15) is 38.3 Å². The molecule has 1 aliphatic carbocycles. The molecule has 0 aliphatic heterocycles. The summed E-state index contributed by atoms with van der Waals surface area (Å²) in [5, 5.41) is 6.21. The van der Waals surface area contributed by atoms with Crippen LogP contribution in [0.25, 0.3) is 0 Å². The number of nitrogens with zero attached hydrogens (tertiary/aromatic N) is 2. The summed E-state index contributed by atoms with van der Waals surface area (Å²) in [5.41, 5.74) is 2.24. The molecule has 0 unspecified atom stereocenters. The number of aryl methyl sites for hydroxylation is 1. The van der Waals surface area contributed by atoms with Crippen LogP contribution in [0, 0.1) is 12.8 Å². The number of carbonyl (C=O) groups is 1. The van der Waals surface area contributed by atoms with Crippen molar-refractivity contribution in [3.8, 4) is 0 Å². The number of hydrogen-bond acceptors (Lipinski definition) is 4. The summed E-state index contributed by atoms with van der Waals surface area (Å²) in [6.45, 7) is 6.18. The van der Waals surface area contributed by atoms with Gasteiger partial charge in [-0.05, 0) is 57.6 Å². The molecule has 1 fully saturated rings. The molecule has 0 saturated heterocycles. The third-order valence-electron chi connectivity index (χ3n) is 4.64. The predicted octanol–water partition coefficient (Wildman–Crippen LogP) is 2.11. The number of rotatable bonds is 7.